The van der Waals surface area contributed by atoms with Gasteiger partial charge in [0.25, 0.3) is 0 Å². The first-order valence-corrected chi connectivity index (χ1v) is 11.1. The lowest BCUT2D eigenvalue weighted by molar-refractivity contribution is 0.199. The molecular formula is C12H31NO4Si2. The average Bonchev–Trinajstić information content (AvgIpc) is 2.48. The summed E-state index contributed by atoms with van der Waals surface area (Å²) < 4.78 is 26.4. The molecule has 116 valence electrons. The van der Waals surface area contributed by atoms with Gasteiger partial charge >= 0.3 is 17.4 Å². The van der Waals surface area contributed by atoms with Crippen LogP contribution in [0.2, 0.25) is 12.1 Å². The Hall–Kier alpha value is 0.234. The van der Waals surface area contributed by atoms with E-state index in [1.807, 2.05) is 0 Å². The Morgan fingerprint density at radius 2 is 1.00 bits per heavy atom. The maximum Gasteiger partial charge on any atom is 0.421 e. The Bertz CT molecular complexity index is 202. The van der Waals surface area contributed by atoms with Crippen molar-refractivity contribution in [3.8, 4) is 0 Å². The first-order chi connectivity index (χ1) is 9.07. The average molecular weight is 310 g/mol. The van der Waals surface area contributed by atoms with Crippen molar-refractivity contribution >= 4 is 17.4 Å². The number of unbranched alkanes of at least 4 members (excludes halogenated alkanes) is 2. The zero-order valence-electron chi connectivity index (χ0n) is 13.4. The molecule has 0 unspecified atom stereocenters. The second kappa shape index (κ2) is 10.0. The molecule has 0 spiro atoms. The molecule has 1 N–H and O–H groups in total. The SMILES string of the molecule is CCCC[Si](N[Si](CCCC)(OC)OC)(OC)OC. The molecule has 0 amide bonds. The Morgan fingerprint density at radius 3 is 1.21 bits per heavy atom. The normalized spacial score (nSPS) is 12.9. The van der Waals surface area contributed by atoms with Crippen molar-refractivity contribution in [3.63, 3.8) is 0 Å². The standard InChI is InChI=1S/C12H31NO4Si2/c1-7-9-11-18(14-3,15-4)13-19(16-5,17-6)12-10-8-2/h13H,7-12H2,1-6H3. The third kappa shape index (κ3) is 6.03. The summed E-state index contributed by atoms with van der Waals surface area (Å²) in [5, 5.41) is 0. The van der Waals surface area contributed by atoms with Gasteiger partial charge in [-0.1, -0.05) is 39.5 Å². The van der Waals surface area contributed by atoms with E-state index < -0.39 is 17.4 Å². The van der Waals surface area contributed by atoms with E-state index in [-0.39, 0.29) is 0 Å². The van der Waals surface area contributed by atoms with Gasteiger partial charge in [-0.15, -0.1) is 0 Å². The highest BCUT2D eigenvalue weighted by molar-refractivity contribution is 6.81. The molecule has 19 heavy (non-hydrogen) atoms. The van der Waals surface area contributed by atoms with Gasteiger partial charge in [0.15, 0.2) is 0 Å². The van der Waals surface area contributed by atoms with Crippen molar-refractivity contribution < 1.29 is 17.7 Å². The molecular weight excluding hydrogens is 278 g/mol. The largest absolute Gasteiger partial charge is 0.421 e. The number of rotatable bonds is 12. The quantitative estimate of drug-likeness (QED) is 0.562. The van der Waals surface area contributed by atoms with Gasteiger partial charge in [-0.25, -0.2) is 0 Å². The molecule has 0 bridgehead atoms. The molecule has 0 radical (unpaired) electrons. The van der Waals surface area contributed by atoms with E-state index in [9.17, 15) is 0 Å². The van der Waals surface area contributed by atoms with Gasteiger partial charge in [0.1, 0.15) is 0 Å². The summed E-state index contributed by atoms with van der Waals surface area (Å²) in [7, 11) is 1.98. The highest BCUT2D eigenvalue weighted by Crippen LogP contribution is 2.20. The second-order valence-electron chi connectivity index (χ2n) is 4.65. The first kappa shape index (κ1) is 19.2. The fraction of sp³-hybridized carbons (Fsp3) is 1.00. The predicted molar refractivity (Wildman–Crippen MR) is 82.1 cm³/mol. The minimum atomic E-state index is -2.43. The van der Waals surface area contributed by atoms with Crippen LogP contribution in [-0.2, 0) is 17.7 Å². The molecule has 0 aromatic rings. The monoisotopic (exact) mass is 309 g/mol. The first-order valence-electron chi connectivity index (χ1n) is 7.07. The molecule has 0 aromatic carbocycles. The summed E-state index contributed by atoms with van der Waals surface area (Å²) in [6.45, 7) is 4.33. The lowest BCUT2D eigenvalue weighted by Crippen LogP contribution is -2.69. The summed E-state index contributed by atoms with van der Waals surface area (Å²) in [6.07, 6.45) is 4.39. The summed E-state index contributed by atoms with van der Waals surface area (Å²) in [5.41, 5.74) is 0. The molecule has 0 fully saturated rings. The van der Waals surface area contributed by atoms with Crippen molar-refractivity contribution in [3.05, 3.63) is 0 Å². The van der Waals surface area contributed by atoms with E-state index >= 15 is 0 Å². The third-order valence-electron chi connectivity index (χ3n) is 3.42. The van der Waals surface area contributed by atoms with E-state index in [1.165, 1.54) is 0 Å². The maximum atomic E-state index is 5.71. The molecule has 0 saturated carbocycles. The fourth-order valence-electron chi connectivity index (χ4n) is 2.01. The van der Waals surface area contributed by atoms with Gasteiger partial charge in [0.05, 0.1) is 0 Å². The third-order valence-corrected chi connectivity index (χ3v) is 11.1. The van der Waals surface area contributed by atoms with Crippen molar-refractivity contribution in [2.75, 3.05) is 28.4 Å². The van der Waals surface area contributed by atoms with Crippen LogP contribution < -0.4 is 4.65 Å². The molecule has 7 heteroatoms. The summed E-state index contributed by atoms with van der Waals surface area (Å²) in [4.78, 5) is 0. The molecule has 0 aliphatic heterocycles. The zero-order chi connectivity index (χ0) is 14.8. The molecule has 5 nitrogen and oxygen atoms in total. The molecule has 0 aliphatic carbocycles. The van der Waals surface area contributed by atoms with Gasteiger partial charge in [-0.3, -0.25) is 4.65 Å². The highest BCUT2D eigenvalue weighted by atomic mass is 28.4. The van der Waals surface area contributed by atoms with Crippen LogP contribution in [0.5, 0.6) is 0 Å². The van der Waals surface area contributed by atoms with Crippen LogP contribution in [0, 0.1) is 0 Å². The minimum absolute atomic E-state index is 0.907. The second-order valence-corrected chi connectivity index (χ2v) is 11.3. The van der Waals surface area contributed by atoms with Gasteiger partial charge in [-0.2, -0.15) is 0 Å². The van der Waals surface area contributed by atoms with Crippen LogP contribution in [0.15, 0.2) is 0 Å². The maximum absolute atomic E-state index is 5.71. The van der Waals surface area contributed by atoms with Crippen LogP contribution >= 0.6 is 0 Å². The number of hydrogen-bond donors (Lipinski definition) is 1. The summed E-state index contributed by atoms with van der Waals surface area (Å²) >= 11 is 0. The van der Waals surface area contributed by atoms with Crippen molar-refractivity contribution in [1.82, 2.24) is 4.65 Å². The van der Waals surface area contributed by atoms with E-state index in [0.717, 1.165) is 37.8 Å². The summed E-state index contributed by atoms with van der Waals surface area (Å²) in [5.74, 6) is 0. The van der Waals surface area contributed by atoms with E-state index in [2.05, 4.69) is 18.5 Å². The number of nitrogens with one attached hydrogen (secondary N) is 1. The molecule has 0 heterocycles. The molecule has 0 aliphatic rings. The Morgan fingerprint density at radius 1 is 0.684 bits per heavy atom. The fourth-order valence-corrected chi connectivity index (χ4v) is 9.76. The lowest BCUT2D eigenvalue weighted by atomic mass is 10.4. The van der Waals surface area contributed by atoms with Crippen LogP contribution in [0.1, 0.15) is 39.5 Å². The summed E-state index contributed by atoms with van der Waals surface area (Å²) in [6, 6.07) is 1.81. The van der Waals surface area contributed by atoms with E-state index in [1.54, 1.807) is 28.4 Å². The lowest BCUT2D eigenvalue weighted by Gasteiger charge is -2.36. The van der Waals surface area contributed by atoms with Crippen LogP contribution in [-0.4, -0.2) is 45.9 Å². The van der Waals surface area contributed by atoms with E-state index in [0.29, 0.717) is 0 Å². The Labute approximate surface area is 120 Å². The van der Waals surface area contributed by atoms with Crippen molar-refractivity contribution in [2.45, 2.75) is 51.6 Å². The number of hydrogen-bond acceptors (Lipinski definition) is 5. The van der Waals surface area contributed by atoms with Gasteiger partial charge < -0.3 is 17.7 Å². The molecule has 0 saturated heterocycles. The topological polar surface area (TPSA) is 49.0 Å². The molecule has 0 aromatic heterocycles. The van der Waals surface area contributed by atoms with Gasteiger partial charge in [0.2, 0.25) is 0 Å². The van der Waals surface area contributed by atoms with Gasteiger partial charge in [-0.05, 0) is 0 Å². The van der Waals surface area contributed by atoms with E-state index in [4.69, 9.17) is 17.7 Å². The van der Waals surface area contributed by atoms with Crippen LogP contribution in [0.3, 0.4) is 0 Å². The highest BCUT2D eigenvalue weighted by Gasteiger charge is 2.48. The Kier molecular flexibility index (Phi) is 10.2. The zero-order valence-corrected chi connectivity index (χ0v) is 15.4. The minimum Gasteiger partial charge on any atom is -0.386 e. The molecule has 0 rings (SSSR count). The van der Waals surface area contributed by atoms with Crippen LogP contribution in [0.25, 0.3) is 0 Å². The van der Waals surface area contributed by atoms with Crippen molar-refractivity contribution in [2.24, 2.45) is 0 Å². The smallest absolute Gasteiger partial charge is 0.386 e. The van der Waals surface area contributed by atoms with Crippen molar-refractivity contribution in [1.29, 1.82) is 0 Å². The molecule has 0 atom stereocenters. The predicted octanol–water partition coefficient (Wildman–Crippen LogP) is 2.64. The van der Waals surface area contributed by atoms with Crippen LogP contribution in [0.4, 0.5) is 0 Å². The Balaban J connectivity index is 4.90. The van der Waals surface area contributed by atoms with Gasteiger partial charge in [0, 0.05) is 40.5 Å².